The second-order valence-electron chi connectivity index (χ2n) is 12.5. The van der Waals surface area contributed by atoms with Crippen LogP contribution in [0.25, 0.3) is 16.3 Å². The molecular weight excluding hydrogens is 374 g/mol. The molecule has 0 N–H and O–H groups in total. The van der Waals surface area contributed by atoms with E-state index < -0.39 is 0 Å². The monoisotopic (exact) mass is 413 g/mol. The van der Waals surface area contributed by atoms with Crippen molar-refractivity contribution < 1.29 is 0 Å². The van der Waals surface area contributed by atoms with Gasteiger partial charge < -0.3 is 4.90 Å². The smallest absolute Gasteiger partial charge is 0.0533 e. The lowest BCUT2D eigenvalue weighted by Gasteiger charge is -2.60. The number of fused-ring (bicyclic) bond motifs is 3. The summed E-state index contributed by atoms with van der Waals surface area (Å²) < 4.78 is 0. The minimum Gasteiger partial charge on any atom is -0.360 e. The molecule has 2 heterocycles. The lowest BCUT2D eigenvalue weighted by molar-refractivity contribution is 0.210. The molecule has 31 heavy (non-hydrogen) atoms. The Bertz CT molecular complexity index is 1180. The Kier molecular flexibility index (Phi) is 3.47. The molecule has 4 aliphatic rings. The van der Waals surface area contributed by atoms with E-state index in [0.29, 0.717) is 10.8 Å². The predicted octanol–water partition coefficient (Wildman–Crippen LogP) is 8.11. The van der Waals surface area contributed by atoms with Crippen molar-refractivity contribution in [3.63, 3.8) is 0 Å². The van der Waals surface area contributed by atoms with E-state index >= 15 is 0 Å². The topological polar surface area (TPSA) is 3.24 Å². The zero-order chi connectivity index (χ0) is 22.2. The molecule has 1 nitrogen and oxygen atoms in total. The molecule has 1 heteroatoms. The number of anilines is 1. The van der Waals surface area contributed by atoms with Crippen molar-refractivity contribution >= 4 is 22.0 Å². The molecule has 2 aliphatic heterocycles. The van der Waals surface area contributed by atoms with Crippen molar-refractivity contribution in [3.05, 3.63) is 47.0 Å². The first-order chi connectivity index (χ1) is 14.5. The summed E-state index contributed by atoms with van der Waals surface area (Å²) >= 11 is 0. The first kappa shape index (κ1) is 19.9. The molecule has 2 aliphatic carbocycles. The van der Waals surface area contributed by atoms with Crippen LogP contribution in [-0.4, -0.2) is 12.1 Å². The Labute approximate surface area is 188 Å². The number of benzene rings is 2. The summed E-state index contributed by atoms with van der Waals surface area (Å²) in [7, 11) is 0. The van der Waals surface area contributed by atoms with Crippen LogP contribution in [0.15, 0.2) is 35.9 Å². The van der Waals surface area contributed by atoms with Crippen LogP contribution >= 0.6 is 0 Å². The number of allylic oxidation sites excluding steroid dienone is 1. The van der Waals surface area contributed by atoms with Gasteiger partial charge in [0, 0.05) is 28.4 Å². The van der Waals surface area contributed by atoms with Gasteiger partial charge in [-0.2, -0.15) is 0 Å². The van der Waals surface area contributed by atoms with Crippen molar-refractivity contribution in [1.82, 2.24) is 0 Å². The molecule has 2 aromatic rings. The van der Waals surface area contributed by atoms with Gasteiger partial charge >= 0.3 is 0 Å². The Morgan fingerprint density at radius 1 is 0.935 bits per heavy atom. The average Bonchev–Trinajstić information content (AvgIpc) is 3.30. The molecular formula is C30H39N. The van der Waals surface area contributed by atoms with E-state index in [-0.39, 0.29) is 16.4 Å². The maximum atomic E-state index is 2.90. The van der Waals surface area contributed by atoms with Crippen LogP contribution in [0, 0.1) is 16.2 Å². The van der Waals surface area contributed by atoms with Gasteiger partial charge in [-0.15, -0.1) is 0 Å². The van der Waals surface area contributed by atoms with Crippen LogP contribution in [0.5, 0.6) is 0 Å². The average molecular weight is 414 g/mol. The minimum absolute atomic E-state index is 0.126. The third-order valence-corrected chi connectivity index (χ3v) is 11.5. The first-order valence-electron chi connectivity index (χ1n) is 12.6. The van der Waals surface area contributed by atoms with Gasteiger partial charge in [0.25, 0.3) is 0 Å². The molecule has 0 bridgehead atoms. The number of nitrogens with zero attached hydrogens (tertiary/aromatic N) is 1. The van der Waals surface area contributed by atoms with Gasteiger partial charge in [0.2, 0.25) is 0 Å². The molecule has 0 amide bonds. The van der Waals surface area contributed by atoms with Crippen molar-refractivity contribution in [2.75, 3.05) is 11.4 Å². The fraction of sp³-hybridized carbons (Fsp3) is 0.600. The van der Waals surface area contributed by atoms with Crippen LogP contribution < -0.4 is 4.90 Å². The summed E-state index contributed by atoms with van der Waals surface area (Å²) in [5, 5.41) is 2.96. The molecule has 164 valence electrons. The fourth-order valence-electron chi connectivity index (χ4n) is 8.71. The first-order valence-corrected chi connectivity index (χ1v) is 12.6. The molecule has 0 radical (unpaired) electrons. The maximum absolute atomic E-state index is 2.90. The predicted molar refractivity (Wildman–Crippen MR) is 134 cm³/mol. The van der Waals surface area contributed by atoms with Crippen LogP contribution in [0.3, 0.4) is 0 Å². The van der Waals surface area contributed by atoms with E-state index in [1.54, 1.807) is 28.0 Å². The van der Waals surface area contributed by atoms with Gasteiger partial charge in [0.05, 0.1) is 5.69 Å². The minimum atomic E-state index is 0.126. The lowest BCUT2D eigenvalue weighted by atomic mass is 9.58. The maximum Gasteiger partial charge on any atom is 0.0533 e. The van der Waals surface area contributed by atoms with E-state index in [9.17, 15) is 0 Å². The summed E-state index contributed by atoms with van der Waals surface area (Å²) in [5.41, 5.74) is 9.39. The molecule has 4 atom stereocenters. The molecule has 2 aromatic carbocycles. The molecule has 0 spiro atoms. The Morgan fingerprint density at radius 3 is 2.35 bits per heavy atom. The summed E-state index contributed by atoms with van der Waals surface area (Å²) in [6.07, 6.45) is 4.99. The molecule has 1 saturated carbocycles. The van der Waals surface area contributed by atoms with E-state index in [0.717, 1.165) is 6.54 Å². The molecule has 4 unspecified atom stereocenters. The summed E-state index contributed by atoms with van der Waals surface area (Å²) in [6, 6.07) is 12.0. The summed E-state index contributed by atoms with van der Waals surface area (Å²) in [5.74, 6) is 0. The van der Waals surface area contributed by atoms with Crippen LogP contribution in [0.4, 0.5) is 5.69 Å². The van der Waals surface area contributed by atoms with Gasteiger partial charge in [0.1, 0.15) is 0 Å². The third kappa shape index (κ3) is 1.82. The van der Waals surface area contributed by atoms with Crippen molar-refractivity contribution in [1.29, 1.82) is 0 Å². The Hall–Kier alpha value is -1.76. The van der Waals surface area contributed by atoms with Gasteiger partial charge in [-0.1, -0.05) is 85.2 Å². The third-order valence-electron chi connectivity index (χ3n) is 11.5. The Morgan fingerprint density at radius 2 is 1.68 bits per heavy atom. The highest BCUT2D eigenvalue weighted by molar-refractivity contribution is 6.07. The van der Waals surface area contributed by atoms with E-state index in [4.69, 9.17) is 0 Å². The van der Waals surface area contributed by atoms with Crippen molar-refractivity contribution in [2.24, 2.45) is 16.2 Å². The zero-order valence-corrected chi connectivity index (χ0v) is 20.9. The van der Waals surface area contributed by atoms with Gasteiger partial charge in [-0.05, 0) is 64.5 Å². The fourth-order valence-corrected chi connectivity index (χ4v) is 8.71. The van der Waals surface area contributed by atoms with Crippen molar-refractivity contribution in [2.45, 2.75) is 92.0 Å². The number of rotatable bonds is 3. The van der Waals surface area contributed by atoms with Gasteiger partial charge in [-0.25, -0.2) is 0 Å². The van der Waals surface area contributed by atoms with Crippen LogP contribution in [0.2, 0.25) is 0 Å². The molecule has 0 saturated heterocycles. The second-order valence-corrected chi connectivity index (χ2v) is 12.5. The normalized spacial score (nSPS) is 39.0. The molecule has 6 rings (SSSR count). The summed E-state index contributed by atoms with van der Waals surface area (Å²) in [4.78, 5) is 2.90. The van der Waals surface area contributed by atoms with Gasteiger partial charge in [-0.3, -0.25) is 0 Å². The standard InChI is InChI=1S/C30H39N/c1-9-16-30(8)27(5,10-2)21-13-11-12-19-14-15-20-24-22(17-31(30)25(20)23(19)21)28(6)18-29(28,7)26(24,3)4/h11-15H,9-10,16-18H2,1-8H3. The molecule has 1 fully saturated rings. The number of hydrogen-bond donors (Lipinski definition) is 0. The van der Waals surface area contributed by atoms with E-state index in [1.165, 1.54) is 36.5 Å². The van der Waals surface area contributed by atoms with Gasteiger partial charge in [0.15, 0.2) is 0 Å². The van der Waals surface area contributed by atoms with Crippen LogP contribution in [-0.2, 0) is 5.41 Å². The highest BCUT2D eigenvalue weighted by Gasteiger charge is 2.76. The largest absolute Gasteiger partial charge is 0.360 e. The Balaban J connectivity index is 1.75. The summed E-state index contributed by atoms with van der Waals surface area (Å²) in [6.45, 7) is 21.2. The zero-order valence-electron chi connectivity index (χ0n) is 20.9. The lowest BCUT2D eigenvalue weighted by Crippen LogP contribution is -2.63. The van der Waals surface area contributed by atoms with Crippen molar-refractivity contribution in [3.8, 4) is 0 Å². The SMILES string of the molecule is CCCC1(C)N2CC3=C(c4ccc5cccc(c5c42)C1(C)CC)C(C)(C)C1(C)CC31C. The highest BCUT2D eigenvalue weighted by atomic mass is 15.2. The second kappa shape index (κ2) is 5.41. The number of hydrogen-bond acceptors (Lipinski definition) is 1. The quantitative estimate of drug-likeness (QED) is 0.491. The van der Waals surface area contributed by atoms with E-state index in [1.807, 2.05) is 0 Å². The van der Waals surface area contributed by atoms with E-state index in [2.05, 4.69) is 90.6 Å². The molecule has 0 aromatic heterocycles. The highest BCUT2D eigenvalue weighted by Crippen LogP contribution is 2.84. The van der Waals surface area contributed by atoms with Crippen LogP contribution in [0.1, 0.15) is 92.2 Å².